The maximum atomic E-state index is 11.8. The lowest BCUT2D eigenvalue weighted by atomic mass is 10.1. The molecule has 0 spiro atoms. The summed E-state index contributed by atoms with van der Waals surface area (Å²) in [5.74, 6) is -0.119. The fourth-order valence-electron chi connectivity index (χ4n) is 5.07. The van der Waals surface area contributed by atoms with Gasteiger partial charge in [-0.15, -0.1) is 19.7 Å². The van der Waals surface area contributed by atoms with Crippen LogP contribution in [-0.2, 0) is 30.9 Å². The molecule has 5 aromatic carbocycles. The van der Waals surface area contributed by atoms with Crippen LogP contribution in [0.2, 0.25) is 0 Å². The average Bonchev–Trinajstić information content (AvgIpc) is 3.17. The minimum Gasteiger partial charge on any atom is -0.505 e. The molecule has 1 unspecified atom stereocenters. The van der Waals surface area contributed by atoms with Crippen LogP contribution in [0.4, 0.5) is 39.8 Å². The quantitative estimate of drug-likeness (QED) is 0.00836. The predicted molar refractivity (Wildman–Crippen MR) is 208 cm³/mol. The van der Waals surface area contributed by atoms with Crippen molar-refractivity contribution < 1.29 is 65.3 Å². The Bertz CT molecular complexity index is 2540. The number of nitrogen functional groups attached to an aromatic ring is 1. The van der Waals surface area contributed by atoms with E-state index < -0.39 is 32.1 Å². The van der Waals surface area contributed by atoms with Gasteiger partial charge in [0.1, 0.15) is 52.4 Å². The van der Waals surface area contributed by atoms with E-state index in [0.717, 1.165) is 12.1 Å². The van der Waals surface area contributed by atoms with Crippen molar-refractivity contribution in [1.29, 1.82) is 0 Å². The number of phenolic OH excluding ortho intramolecular Hbond substituents is 1. The maximum Gasteiger partial charge on any atom is 0.357 e. The number of ether oxygens (including phenoxy) is 2. The molecule has 0 radical (unpaired) electrons. The lowest BCUT2D eigenvalue weighted by Crippen LogP contribution is -2.03. The van der Waals surface area contributed by atoms with Gasteiger partial charge in [0.15, 0.2) is 5.75 Å². The molecule has 5 rings (SSSR count). The number of nitrogens with zero attached hydrogens (tertiary/aromatic N) is 6. The van der Waals surface area contributed by atoms with Gasteiger partial charge in [-0.05, 0) is 72.8 Å². The Hall–Kier alpha value is -5.67. The second kappa shape index (κ2) is 19.7. The molecular formula is C34H33N7O14S3. The van der Waals surface area contributed by atoms with Crippen molar-refractivity contribution in [3.63, 3.8) is 0 Å². The van der Waals surface area contributed by atoms with Gasteiger partial charge in [0.05, 0.1) is 52.9 Å². The molecule has 0 amide bonds. The summed E-state index contributed by atoms with van der Waals surface area (Å²) < 4.78 is 74.0. The summed E-state index contributed by atoms with van der Waals surface area (Å²) >= 11 is -2.13. The lowest BCUT2D eigenvalue weighted by molar-refractivity contribution is -0.432. The second-order valence-corrected chi connectivity index (χ2v) is 14.4. The van der Waals surface area contributed by atoms with Crippen LogP contribution in [-0.4, -0.2) is 68.7 Å². The number of anilines is 1. The van der Waals surface area contributed by atoms with E-state index in [0.29, 0.717) is 40.2 Å². The highest BCUT2D eigenvalue weighted by Crippen LogP contribution is 2.46. The van der Waals surface area contributed by atoms with E-state index in [4.69, 9.17) is 29.2 Å². The van der Waals surface area contributed by atoms with Crippen molar-refractivity contribution in [2.75, 3.05) is 32.2 Å². The molecule has 21 nitrogen and oxygen atoms in total. The molecule has 306 valence electrons. The molecule has 8 N–H and O–H groups in total. The Morgan fingerprint density at radius 3 is 1.95 bits per heavy atom. The first-order valence-corrected chi connectivity index (χ1v) is 19.6. The van der Waals surface area contributed by atoms with Gasteiger partial charge in [0.2, 0.25) is 0 Å². The molecule has 58 heavy (non-hydrogen) atoms. The van der Waals surface area contributed by atoms with Gasteiger partial charge < -0.3 is 34.7 Å². The number of rotatable bonds is 18. The molecule has 0 aromatic heterocycles. The first-order chi connectivity index (χ1) is 27.7. The zero-order chi connectivity index (χ0) is 42.0. The number of aliphatic hydroxyl groups is 2. The van der Waals surface area contributed by atoms with E-state index in [1.165, 1.54) is 30.3 Å². The molecule has 0 saturated carbocycles. The van der Waals surface area contributed by atoms with Gasteiger partial charge in [0, 0.05) is 23.6 Å². The van der Waals surface area contributed by atoms with Crippen LogP contribution in [0.25, 0.3) is 10.8 Å². The highest BCUT2D eigenvalue weighted by molar-refractivity contribution is 7.94. The Labute approximate surface area is 335 Å². The Kier molecular flexibility index (Phi) is 14.7. The molecular weight excluding hydrogens is 827 g/mol. The third-order valence-corrected chi connectivity index (χ3v) is 9.51. The maximum absolute atomic E-state index is 11.8. The highest BCUT2D eigenvalue weighted by atomic mass is 32.2. The predicted octanol–water partition coefficient (Wildman–Crippen LogP) is 7.92. The molecule has 0 heterocycles. The number of aromatic hydroxyl groups is 1. The fraction of sp³-hybridized carbons (Fsp3) is 0.176. The Morgan fingerprint density at radius 2 is 1.38 bits per heavy atom. The van der Waals surface area contributed by atoms with Crippen molar-refractivity contribution in [1.82, 2.24) is 0 Å². The van der Waals surface area contributed by atoms with Crippen LogP contribution in [0, 0.1) is 13.8 Å². The molecule has 0 aliphatic rings. The summed E-state index contributed by atoms with van der Waals surface area (Å²) in [5.41, 5.74) is 7.79. The topological polar surface area (TPSA) is 319 Å². The molecule has 24 heteroatoms. The van der Waals surface area contributed by atoms with Gasteiger partial charge in [0.25, 0.3) is 10.1 Å². The molecule has 0 bridgehead atoms. The monoisotopic (exact) mass is 859 g/mol. The van der Waals surface area contributed by atoms with Crippen molar-refractivity contribution in [2.45, 2.75) is 23.6 Å². The number of phenols is 1. The summed E-state index contributed by atoms with van der Waals surface area (Å²) in [6, 6.07) is 15.7. The van der Waals surface area contributed by atoms with Crippen LogP contribution in [0.15, 0.2) is 107 Å². The minimum atomic E-state index is -4.72. The van der Waals surface area contributed by atoms with Crippen molar-refractivity contribution in [2.24, 2.45) is 30.7 Å². The van der Waals surface area contributed by atoms with Gasteiger partial charge in [-0.3, -0.25) is 9.11 Å². The summed E-state index contributed by atoms with van der Waals surface area (Å²) in [4.78, 5) is -0.627. The lowest BCUT2D eigenvalue weighted by Gasteiger charge is -2.12. The third kappa shape index (κ3) is 11.0. The molecule has 5 aromatic rings. The molecule has 0 aliphatic heterocycles. The average molecular weight is 860 g/mol. The van der Waals surface area contributed by atoms with Gasteiger partial charge in [-0.2, -0.15) is 28.0 Å². The van der Waals surface area contributed by atoms with Crippen molar-refractivity contribution in [3.8, 4) is 23.0 Å². The van der Waals surface area contributed by atoms with Gasteiger partial charge >= 0.3 is 11.4 Å². The number of aliphatic hydroxyl groups excluding tert-OH is 2. The van der Waals surface area contributed by atoms with E-state index >= 15 is 0 Å². The summed E-state index contributed by atoms with van der Waals surface area (Å²) in [5, 5.41) is 68.4. The normalized spacial score (nSPS) is 12.6. The van der Waals surface area contributed by atoms with E-state index in [-0.39, 0.29) is 82.1 Å². The molecule has 0 aliphatic carbocycles. The van der Waals surface area contributed by atoms with E-state index in [1.807, 2.05) is 0 Å². The first-order valence-electron chi connectivity index (χ1n) is 16.3. The molecule has 0 saturated heterocycles. The van der Waals surface area contributed by atoms with Crippen LogP contribution >= 0.6 is 12.0 Å². The summed E-state index contributed by atoms with van der Waals surface area (Å²) in [7, 11) is -4.72. The van der Waals surface area contributed by atoms with Crippen LogP contribution < -0.4 is 19.4 Å². The van der Waals surface area contributed by atoms with Gasteiger partial charge in [-0.1, -0.05) is 11.1 Å². The number of hydrogen-bond acceptors (Lipinski definition) is 20. The van der Waals surface area contributed by atoms with E-state index in [1.54, 1.807) is 38.1 Å². The number of nitrogens with two attached hydrogens (primary N) is 1. The second-order valence-electron chi connectivity index (χ2n) is 11.6. The van der Waals surface area contributed by atoms with E-state index in [2.05, 4.69) is 40.1 Å². The Balaban J connectivity index is 1.50. The summed E-state index contributed by atoms with van der Waals surface area (Å²) in [6.07, 6.45) is 0. The number of benzene rings is 5. The Morgan fingerprint density at radius 1 is 0.793 bits per heavy atom. The van der Waals surface area contributed by atoms with E-state index in [9.17, 15) is 32.5 Å². The molecule has 1 atom stereocenters. The largest absolute Gasteiger partial charge is 0.505 e. The smallest absolute Gasteiger partial charge is 0.357 e. The van der Waals surface area contributed by atoms with Crippen molar-refractivity contribution in [3.05, 3.63) is 77.9 Å². The van der Waals surface area contributed by atoms with Crippen LogP contribution in [0.5, 0.6) is 23.0 Å². The fourth-order valence-corrected chi connectivity index (χ4v) is 6.46. The van der Waals surface area contributed by atoms with Gasteiger partial charge in [-0.25, -0.2) is 5.26 Å². The van der Waals surface area contributed by atoms with Crippen LogP contribution in [0.1, 0.15) is 11.1 Å². The first kappa shape index (κ1) is 43.5. The number of aryl methyl sites for hydroxylation is 2. The zero-order valence-electron chi connectivity index (χ0n) is 30.1. The SMILES string of the molecule is Cc1cc(N=Nc2cc(OCCO)c(N=Nc3c(SOOO)cc4cc(S(=O)(=O)O)c(N)cc4c3O)cc2C)c(OCCO)cc1N=Nc1cccc(OS(=O)O)c1. The van der Waals surface area contributed by atoms with Crippen LogP contribution in [0.3, 0.4) is 0 Å². The molecule has 0 fully saturated rings. The highest BCUT2D eigenvalue weighted by Gasteiger charge is 2.21. The number of azo groups is 3. The standard InChI is InChI=1S/C34H33N7O14S3/c1-18-10-27(29(51-8-6-42)16-25(18)37-36-21-4-3-5-22(14-21)53-57(46)47)39-38-26-17-30(52-9-7-43)28(11-19(26)2)40-41-33-31(56-55-54-45)12-20-13-32(58(48,49)50)24(35)15-23(20)34(33)44/h3-5,10-17,42-45H,6-9,35H2,1-2H3,(H,46,47)(H,48,49,50). The zero-order valence-corrected chi connectivity index (χ0v) is 32.6. The number of hydrogen-bond donors (Lipinski definition) is 7. The summed E-state index contributed by atoms with van der Waals surface area (Å²) in [6.45, 7) is 2.53. The minimum absolute atomic E-state index is 0.0172. The number of fused-ring (bicyclic) bond motifs is 1. The van der Waals surface area contributed by atoms with Crippen molar-refractivity contribution >= 4 is 84.1 Å². The third-order valence-electron chi connectivity index (χ3n) is 7.65.